The van der Waals surface area contributed by atoms with Crippen LogP contribution in [-0.2, 0) is 0 Å². The van der Waals surface area contributed by atoms with E-state index in [9.17, 15) is 4.39 Å². The Bertz CT molecular complexity index is 904. The molecule has 3 aromatic carbocycles. The Labute approximate surface area is 173 Å². The van der Waals surface area contributed by atoms with Gasteiger partial charge in [0.15, 0.2) is 0 Å². The maximum absolute atomic E-state index is 12.5. The van der Waals surface area contributed by atoms with E-state index in [-0.39, 0.29) is 0 Å². The lowest BCUT2D eigenvalue weighted by Gasteiger charge is -2.17. The van der Waals surface area contributed by atoms with E-state index >= 15 is 0 Å². The molecule has 150 valence electrons. The standard InChI is InChI=1S/C26H28FNO/c1-3-25(21-10-6-4-7-11-21)26(22-12-8-5-9-13-22)23-14-16-24(17-15-23)29-19-18-28(2)20-27/h4-17H,3,18-20H2,1-2H3. The van der Waals surface area contributed by atoms with E-state index in [0.717, 1.165) is 17.7 Å². The molecule has 0 N–H and O–H groups in total. The summed E-state index contributed by atoms with van der Waals surface area (Å²) < 4.78 is 18.3. The molecule has 0 heterocycles. The smallest absolute Gasteiger partial charge is 0.142 e. The zero-order valence-electron chi connectivity index (χ0n) is 17.1. The zero-order valence-corrected chi connectivity index (χ0v) is 17.1. The van der Waals surface area contributed by atoms with Crippen molar-refractivity contribution < 1.29 is 9.13 Å². The number of allylic oxidation sites excluding steroid dienone is 1. The van der Waals surface area contributed by atoms with Crippen LogP contribution in [0, 0.1) is 0 Å². The monoisotopic (exact) mass is 389 g/mol. The summed E-state index contributed by atoms with van der Waals surface area (Å²) >= 11 is 0. The van der Waals surface area contributed by atoms with Crippen molar-refractivity contribution in [2.75, 3.05) is 27.0 Å². The molecule has 0 saturated carbocycles. The SMILES string of the molecule is CCC(=C(c1ccccc1)c1ccc(OCCN(C)CF)cc1)c1ccccc1. The predicted molar refractivity (Wildman–Crippen MR) is 120 cm³/mol. The van der Waals surface area contributed by atoms with Crippen LogP contribution in [0.25, 0.3) is 11.1 Å². The number of ether oxygens (including phenoxy) is 1. The first-order chi connectivity index (χ1) is 14.2. The molecular weight excluding hydrogens is 361 g/mol. The van der Waals surface area contributed by atoms with Crippen molar-refractivity contribution in [2.45, 2.75) is 13.3 Å². The molecule has 0 aliphatic rings. The molecule has 29 heavy (non-hydrogen) atoms. The molecule has 0 amide bonds. The summed E-state index contributed by atoms with van der Waals surface area (Å²) in [7, 11) is 1.74. The van der Waals surface area contributed by atoms with Gasteiger partial charge < -0.3 is 4.74 Å². The number of likely N-dealkylation sites (N-methyl/N-ethyl adjacent to an activating group) is 1. The Morgan fingerprint density at radius 3 is 1.90 bits per heavy atom. The molecule has 3 heteroatoms. The number of hydrogen-bond acceptors (Lipinski definition) is 2. The molecule has 3 rings (SSSR count). The lowest BCUT2D eigenvalue weighted by molar-refractivity contribution is 0.183. The van der Waals surface area contributed by atoms with Crippen molar-refractivity contribution in [1.29, 1.82) is 0 Å². The highest BCUT2D eigenvalue weighted by atomic mass is 19.1. The normalized spacial score (nSPS) is 12.0. The molecule has 0 unspecified atom stereocenters. The number of alkyl halides is 1. The van der Waals surface area contributed by atoms with Crippen LogP contribution in [-0.4, -0.2) is 31.9 Å². The van der Waals surface area contributed by atoms with Crippen LogP contribution < -0.4 is 4.74 Å². The van der Waals surface area contributed by atoms with E-state index in [0.29, 0.717) is 13.2 Å². The molecule has 3 aromatic rings. The molecule has 2 nitrogen and oxygen atoms in total. The van der Waals surface area contributed by atoms with Gasteiger partial charge in [0.25, 0.3) is 0 Å². The van der Waals surface area contributed by atoms with Gasteiger partial charge in [0.05, 0.1) is 0 Å². The fourth-order valence-electron chi connectivity index (χ4n) is 3.38. The van der Waals surface area contributed by atoms with Crippen molar-refractivity contribution in [2.24, 2.45) is 0 Å². The largest absolute Gasteiger partial charge is 0.492 e. The molecule has 0 saturated heterocycles. The molecular formula is C26H28FNO. The van der Waals surface area contributed by atoms with Crippen molar-refractivity contribution in [1.82, 2.24) is 4.90 Å². The van der Waals surface area contributed by atoms with Crippen LogP contribution in [0.4, 0.5) is 4.39 Å². The summed E-state index contributed by atoms with van der Waals surface area (Å²) in [6.07, 6.45) is 0.933. The molecule has 0 bridgehead atoms. The summed E-state index contributed by atoms with van der Waals surface area (Å²) in [5.74, 6) is 0.797. The van der Waals surface area contributed by atoms with E-state index in [1.54, 1.807) is 11.9 Å². The number of nitrogens with zero attached hydrogens (tertiary/aromatic N) is 1. The lowest BCUT2D eigenvalue weighted by atomic mass is 9.88. The Hall–Kier alpha value is -2.91. The molecule has 0 aliphatic carbocycles. The first-order valence-corrected chi connectivity index (χ1v) is 10.0. The van der Waals surface area contributed by atoms with Crippen LogP contribution in [0.3, 0.4) is 0 Å². The van der Waals surface area contributed by atoms with Crippen molar-refractivity contribution in [3.63, 3.8) is 0 Å². The van der Waals surface area contributed by atoms with Crippen LogP contribution >= 0.6 is 0 Å². The Balaban J connectivity index is 1.94. The topological polar surface area (TPSA) is 12.5 Å². The number of hydrogen-bond donors (Lipinski definition) is 0. The van der Waals surface area contributed by atoms with Gasteiger partial charge in [-0.2, -0.15) is 0 Å². The second kappa shape index (κ2) is 10.6. The van der Waals surface area contributed by atoms with Crippen LogP contribution in [0.1, 0.15) is 30.0 Å². The van der Waals surface area contributed by atoms with Gasteiger partial charge >= 0.3 is 0 Å². The fourth-order valence-corrected chi connectivity index (χ4v) is 3.38. The van der Waals surface area contributed by atoms with Crippen molar-refractivity contribution >= 4 is 11.1 Å². The summed E-state index contributed by atoms with van der Waals surface area (Å²) in [4.78, 5) is 1.58. The highest BCUT2D eigenvalue weighted by Gasteiger charge is 2.13. The van der Waals surface area contributed by atoms with Gasteiger partial charge in [-0.05, 0) is 53.4 Å². The van der Waals surface area contributed by atoms with E-state index in [1.807, 2.05) is 24.3 Å². The van der Waals surface area contributed by atoms with E-state index in [4.69, 9.17) is 4.74 Å². The van der Waals surface area contributed by atoms with Gasteiger partial charge in [-0.25, -0.2) is 4.39 Å². The Morgan fingerprint density at radius 2 is 1.34 bits per heavy atom. The first kappa shape index (κ1) is 20.8. The second-order valence-corrected chi connectivity index (χ2v) is 7.01. The third kappa shape index (κ3) is 5.55. The van der Waals surface area contributed by atoms with Crippen LogP contribution in [0.5, 0.6) is 5.75 Å². The number of benzene rings is 3. The highest BCUT2D eigenvalue weighted by Crippen LogP contribution is 2.34. The quantitative estimate of drug-likeness (QED) is 0.315. The maximum atomic E-state index is 12.5. The van der Waals surface area contributed by atoms with Gasteiger partial charge in [-0.15, -0.1) is 0 Å². The van der Waals surface area contributed by atoms with Gasteiger partial charge in [0, 0.05) is 6.54 Å². The summed E-state index contributed by atoms with van der Waals surface area (Å²) in [5.41, 5.74) is 6.15. The van der Waals surface area contributed by atoms with Gasteiger partial charge in [0.2, 0.25) is 0 Å². The lowest BCUT2D eigenvalue weighted by Crippen LogP contribution is -2.23. The minimum atomic E-state index is -0.465. The van der Waals surface area contributed by atoms with Gasteiger partial charge in [-0.1, -0.05) is 79.7 Å². The van der Waals surface area contributed by atoms with Crippen LogP contribution in [0.2, 0.25) is 0 Å². The molecule has 0 radical (unpaired) electrons. The predicted octanol–water partition coefficient (Wildman–Crippen LogP) is 6.29. The summed E-state index contributed by atoms with van der Waals surface area (Å²) in [5, 5.41) is 0. The van der Waals surface area contributed by atoms with Gasteiger partial charge in [0.1, 0.15) is 19.2 Å². The summed E-state index contributed by atoms with van der Waals surface area (Å²) in [6.45, 7) is 2.75. The minimum Gasteiger partial charge on any atom is -0.492 e. The van der Waals surface area contributed by atoms with Crippen LogP contribution in [0.15, 0.2) is 84.9 Å². The highest BCUT2D eigenvalue weighted by molar-refractivity contribution is 5.98. The Kier molecular flexibility index (Phi) is 7.60. The molecule has 0 atom stereocenters. The molecule has 0 fully saturated rings. The van der Waals surface area contributed by atoms with Crippen molar-refractivity contribution in [3.05, 3.63) is 102 Å². The molecule has 0 aromatic heterocycles. The van der Waals surface area contributed by atoms with E-state index in [2.05, 4.69) is 67.6 Å². The van der Waals surface area contributed by atoms with Gasteiger partial charge in [-0.3, -0.25) is 4.90 Å². The summed E-state index contributed by atoms with van der Waals surface area (Å²) in [6, 6.07) is 29.3. The minimum absolute atomic E-state index is 0.464. The average Bonchev–Trinajstić information content (AvgIpc) is 2.79. The average molecular weight is 390 g/mol. The van der Waals surface area contributed by atoms with Crippen molar-refractivity contribution in [3.8, 4) is 5.75 Å². The maximum Gasteiger partial charge on any atom is 0.142 e. The number of halogens is 1. The molecule has 0 aliphatic heterocycles. The Morgan fingerprint density at radius 1 is 0.793 bits per heavy atom. The second-order valence-electron chi connectivity index (χ2n) is 7.01. The zero-order chi connectivity index (χ0) is 20.5. The molecule has 0 spiro atoms. The van der Waals surface area contributed by atoms with E-state index < -0.39 is 6.80 Å². The third-order valence-electron chi connectivity index (χ3n) is 4.93. The van der Waals surface area contributed by atoms with E-state index in [1.165, 1.54) is 22.3 Å². The number of rotatable bonds is 9. The fraction of sp³-hybridized carbons (Fsp3) is 0.231. The first-order valence-electron chi connectivity index (χ1n) is 10.0. The third-order valence-corrected chi connectivity index (χ3v) is 4.93.